The largest absolute Gasteiger partial charge is 0.374 e. The van der Waals surface area contributed by atoms with E-state index in [2.05, 4.69) is 62.8 Å². The van der Waals surface area contributed by atoms with Crippen molar-refractivity contribution in [3.8, 4) is 0 Å². The van der Waals surface area contributed by atoms with Gasteiger partial charge in [-0.15, -0.1) is 0 Å². The highest BCUT2D eigenvalue weighted by Gasteiger charge is 2.32. The summed E-state index contributed by atoms with van der Waals surface area (Å²) < 4.78 is 0. The summed E-state index contributed by atoms with van der Waals surface area (Å²) in [7, 11) is 1.23. The summed E-state index contributed by atoms with van der Waals surface area (Å²) in [6.45, 7) is 11.1. The van der Waals surface area contributed by atoms with E-state index in [0.717, 1.165) is 11.8 Å². The predicted molar refractivity (Wildman–Crippen MR) is 79.8 cm³/mol. The monoisotopic (exact) mass is 247 g/mol. The van der Waals surface area contributed by atoms with Gasteiger partial charge < -0.3 is 4.90 Å². The average molecular weight is 247 g/mol. The number of rotatable bonds is 2. The van der Waals surface area contributed by atoms with Crippen LogP contribution in [0.3, 0.4) is 0 Å². The minimum Gasteiger partial charge on any atom is -0.374 e. The molecule has 2 atom stereocenters. The number of hydrogen-bond donors (Lipinski definition) is 0. The van der Waals surface area contributed by atoms with Crippen molar-refractivity contribution in [3.63, 3.8) is 0 Å². The molecule has 0 saturated carbocycles. The lowest BCUT2D eigenvalue weighted by Crippen LogP contribution is -2.36. The molecule has 17 heavy (non-hydrogen) atoms. The molecule has 0 radical (unpaired) electrons. The number of benzene rings is 1. The van der Waals surface area contributed by atoms with E-state index in [1.165, 1.54) is 18.3 Å². The van der Waals surface area contributed by atoms with Gasteiger partial charge >= 0.3 is 0 Å². The molecule has 0 saturated heterocycles. The second kappa shape index (κ2) is 4.49. The van der Waals surface area contributed by atoms with Crippen LogP contribution in [-0.4, -0.2) is 21.7 Å². The Morgan fingerprint density at radius 2 is 1.88 bits per heavy atom. The van der Waals surface area contributed by atoms with Gasteiger partial charge in [0.25, 0.3) is 0 Å². The number of fused-ring (bicyclic) bond motifs is 1. The summed E-state index contributed by atoms with van der Waals surface area (Å²) in [4.78, 5) is 2.42. The van der Waals surface area contributed by atoms with Crippen LogP contribution in [0.5, 0.6) is 0 Å². The van der Waals surface area contributed by atoms with Gasteiger partial charge in [-0.05, 0) is 23.5 Å². The lowest BCUT2D eigenvalue weighted by molar-refractivity contribution is 0.464. The fraction of sp³-hybridized carbons (Fsp3) is 0.600. The molecule has 0 aliphatic carbocycles. The van der Waals surface area contributed by atoms with Crippen molar-refractivity contribution < 1.29 is 0 Å². The molecule has 1 aliphatic heterocycles. The number of para-hydroxylation sites is 1. The molecule has 2 heteroatoms. The van der Waals surface area contributed by atoms with Gasteiger partial charge in [-0.1, -0.05) is 50.8 Å². The maximum Gasteiger partial charge on any atom is 0.0448 e. The van der Waals surface area contributed by atoms with Crippen molar-refractivity contribution in [2.75, 3.05) is 18.5 Å². The highest BCUT2D eigenvalue weighted by molar-refractivity contribution is 6.76. The summed E-state index contributed by atoms with van der Waals surface area (Å²) in [6, 6.07) is 10.4. The van der Waals surface area contributed by atoms with Crippen LogP contribution in [0, 0.1) is 5.92 Å². The first kappa shape index (κ1) is 12.7. The molecule has 94 valence electrons. The fourth-order valence-corrected chi connectivity index (χ4v) is 5.03. The van der Waals surface area contributed by atoms with Gasteiger partial charge in [-0.3, -0.25) is 0 Å². The van der Waals surface area contributed by atoms with Crippen LogP contribution >= 0.6 is 0 Å². The summed E-state index contributed by atoms with van der Waals surface area (Å²) in [5.74, 6) is 1.55. The second-order valence-electron chi connectivity index (χ2n) is 6.79. The molecule has 0 bridgehead atoms. The molecule has 2 rings (SSSR count). The fourth-order valence-electron chi connectivity index (χ4n) is 3.08. The third-order valence-corrected chi connectivity index (χ3v) is 5.49. The van der Waals surface area contributed by atoms with Crippen LogP contribution in [0.15, 0.2) is 24.3 Å². The maximum atomic E-state index is 2.49. The summed E-state index contributed by atoms with van der Waals surface area (Å²) in [5.41, 5.74) is 3.03. The average Bonchev–Trinajstić information content (AvgIpc) is 2.23. The molecule has 1 aliphatic rings. The van der Waals surface area contributed by atoms with E-state index in [1.54, 1.807) is 5.56 Å². The Morgan fingerprint density at radius 3 is 2.53 bits per heavy atom. The zero-order valence-corrected chi connectivity index (χ0v) is 12.8. The summed E-state index contributed by atoms with van der Waals surface area (Å²) in [5, 5.41) is 0. The Bertz CT molecular complexity index is 394. The molecule has 1 aromatic carbocycles. The van der Waals surface area contributed by atoms with Gasteiger partial charge in [0.1, 0.15) is 0 Å². The Morgan fingerprint density at radius 1 is 1.24 bits per heavy atom. The van der Waals surface area contributed by atoms with E-state index in [0.29, 0.717) is 0 Å². The minimum absolute atomic E-state index is 0.772. The second-order valence-corrected chi connectivity index (χ2v) is 12.3. The van der Waals surface area contributed by atoms with E-state index in [4.69, 9.17) is 0 Å². The van der Waals surface area contributed by atoms with Gasteiger partial charge in [-0.2, -0.15) is 0 Å². The van der Waals surface area contributed by atoms with Crippen LogP contribution in [0.25, 0.3) is 0 Å². The molecule has 0 spiro atoms. The lowest BCUT2D eigenvalue weighted by Gasteiger charge is -2.40. The number of anilines is 1. The van der Waals surface area contributed by atoms with Crippen molar-refractivity contribution in [1.29, 1.82) is 0 Å². The van der Waals surface area contributed by atoms with Gasteiger partial charge in [0.15, 0.2) is 0 Å². The molecule has 1 nitrogen and oxygen atoms in total. The molecule has 1 heterocycles. The zero-order valence-electron chi connectivity index (χ0n) is 11.8. The van der Waals surface area contributed by atoms with E-state index < -0.39 is 8.07 Å². The van der Waals surface area contributed by atoms with E-state index in [9.17, 15) is 0 Å². The standard InChI is InChI=1S/C15H25NSi/c1-12-10-16(2)15-9-7-6-8-13(15)14(12)11-17(3,4)5/h6-9,12,14H,10-11H2,1-5H3/t12-,14+/m1/s1. The van der Waals surface area contributed by atoms with Gasteiger partial charge in [-0.25, -0.2) is 0 Å². The van der Waals surface area contributed by atoms with E-state index >= 15 is 0 Å². The summed E-state index contributed by atoms with van der Waals surface area (Å²) in [6.07, 6.45) is 0. The molecule has 0 N–H and O–H groups in total. The van der Waals surface area contributed by atoms with Crippen LogP contribution in [0.4, 0.5) is 5.69 Å². The van der Waals surface area contributed by atoms with Crippen LogP contribution < -0.4 is 4.90 Å². The summed E-state index contributed by atoms with van der Waals surface area (Å²) >= 11 is 0. The van der Waals surface area contributed by atoms with Crippen LogP contribution in [0.2, 0.25) is 25.7 Å². The smallest absolute Gasteiger partial charge is 0.0448 e. The Labute approximate surface area is 107 Å². The molecular formula is C15H25NSi. The topological polar surface area (TPSA) is 3.24 Å². The lowest BCUT2D eigenvalue weighted by atomic mass is 9.84. The van der Waals surface area contributed by atoms with Gasteiger partial charge in [0.2, 0.25) is 0 Å². The zero-order chi connectivity index (χ0) is 12.6. The molecule has 1 aromatic rings. The van der Waals surface area contributed by atoms with Crippen LogP contribution in [0.1, 0.15) is 18.4 Å². The maximum absolute atomic E-state index is 2.49. The molecule has 0 unspecified atom stereocenters. The third-order valence-electron chi connectivity index (χ3n) is 3.83. The third kappa shape index (κ3) is 2.74. The van der Waals surface area contributed by atoms with Crippen LogP contribution in [-0.2, 0) is 0 Å². The van der Waals surface area contributed by atoms with Crippen molar-refractivity contribution in [3.05, 3.63) is 29.8 Å². The first-order chi connectivity index (χ1) is 7.88. The first-order valence-corrected chi connectivity index (χ1v) is 10.4. The molecule has 0 fully saturated rings. The normalized spacial score (nSPS) is 24.6. The highest BCUT2D eigenvalue weighted by Crippen LogP contribution is 2.42. The number of hydrogen-bond acceptors (Lipinski definition) is 1. The molecule has 0 aromatic heterocycles. The Hall–Kier alpha value is -0.763. The Kier molecular flexibility index (Phi) is 3.35. The van der Waals surface area contributed by atoms with Gasteiger partial charge in [0, 0.05) is 27.4 Å². The quantitative estimate of drug-likeness (QED) is 0.708. The minimum atomic E-state index is -0.995. The highest BCUT2D eigenvalue weighted by atomic mass is 28.3. The van der Waals surface area contributed by atoms with E-state index in [-0.39, 0.29) is 0 Å². The number of nitrogens with zero attached hydrogens (tertiary/aromatic N) is 1. The van der Waals surface area contributed by atoms with E-state index in [1.807, 2.05) is 0 Å². The SMILES string of the molecule is C[C@@H]1CN(C)c2ccccc2[C@H]1C[Si](C)(C)C. The first-order valence-electron chi connectivity index (χ1n) is 6.68. The van der Waals surface area contributed by atoms with Crippen molar-refractivity contribution in [2.24, 2.45) is 5.92 Å². The van der Waals surface area contributed by atoms with Gasteiger partial charge in [0.05, 0.1) is 0 Å². The van der Waals surface area contributed by atoms with Crippen molar-refractivity contribution >= 4 is 13.8 Å². The predicted octanol–water partition coefficient (Wildman–Crippen LogP) is 4.19. The van der Waals surface area contributed by atoms with Crippen molar-refractivity contribution in [1.82, 2.24) is 0 Å². The van der Waals surface area contributed by atoms with Crippen molar-refractivity contribution in [2.45, 2.75) is 38.5 Å². The Balaban J connectivity index is 2.36. The molecule has 0 amide bonds. The molecular weight excluding hydrogens is 222 g/mol.